The normalized spacial score (nSPS) is 14.3. The average molecular weight is 326 g/mol. The van der Waals surface area contributed by atoms with Crippen LogP contribution in [-0.4, -0.2) is 10.9 Å². The molecule has 0 aliphatic heterocycles. The van der Waals surface area contributed by atoms with Crippen molar-refractivity contribution >= 4 is 11.8 Å². The van der Waals surface area contributed by atoms with Crippen LogP contribution in [0, 0.1) is 13.8 Å². The summed E-state index contributed by atoms with van der Waals surface area (Å²) in [7, 11) is 0. The number of rotatable bonds is 6. The van der Waals surface area contributed by atoms with Gasteiger partial charge in [-0.15, -0.1) is 0 Å². The summed E-state index contributed by atoms with van der Waals surface area (Å²) < 4.78 is 29.8. The van der Waals surface area contributed by atoms with Crippen LogP contribution < -0.4 is 5.32 Å². The monoisotopic (exact) mass is 326 g/mol. The Balaban J connectivity index is 2.04. The van der Waals surface area contributed by atoms with Crippen molar-refractivity contribution in [3.63, 3.8) is 0 Å². The Bertz CT molecular complexity index is 594. The first-order valence-electron chi connectivity index (χ1n) is 7.12. The lowest BCUT2D eigenvalue weighted by atomic mass is 10.0. The van der Waals surface area contributed by atoms with Crippen molar-refractivity contribution in [1.29, 1.82) is 0 Å². The van der Waals surface area contributed by atoms with Crippen LogP contribution in [-0.2, 0) is 0 Å². The maximum absolute atomic E-state index is 12.3. The maximum atomic E-state index is 12.3. The van der Waals surface area contributed by atoms with Crippen LogP contribution in [0.2, 0.25) is 0 Å². The molecule has 6 heteroatoms. The van der Waals surface area contributed by atoms with Gasteiger partial charge in [0, 0.05) is 22.5 Å². The van der Waals surface area contributed by atoms with Gasteiger partial charge in [0.1, 0.15) is 5.76 Å². The molecule has 1 N–H and O–H groups in total. The van der Waals surface area contributed by atoms with Crippen LogP contribution in [0.4, 0.5) is 8.78 Å². The molecule has 0 amide bonds. The number of alkyl halides is 2. The van der Waals surface area contributed by atoms with E-state index in [1.165, 1.54) is 0 Å². The molecule has 1 heterocycles. The molecule has 22 heavy (non-hydrogen) atoms. The Morgan fingerprint density at radius 2 is 1.73 bits per heavy atom. The summed E-state index contributed by atoms with van der Waals surface area (Å²) in [6, 6.07) is 7.39. The van der Waals surface area contributed by atoms with Crippen molar-refractivity contribution in [2.75, 3.05) is 0 Å². The third-order valence-corrected chi connectivity index (χ3v) is 4.35. The summed E-state index contributed by atoms with van der Waals surface area (Å²) in [6.45, 7) is 7.92. The van der Waals surface area contributed by atoms with E-state index in [-0.39, 0.29) is 12.1 Å². The molecule has 0 saturated heterocycles. The Morgan fingerprint density at radius 3 is 2.23 bits per heavy atom. The second-order valence-electron chi connectivity index (χ2n) is 5.30. The number of nitrogens with one attached hydrogen (secondary N) is 1. The van der Waals surface area contributed by atoms with E-state index in [2.05, 4.69) is 17.4 Å². The molecule has 0 unspecified atom stereocenters. The minimum atomic E-state index is -2.39. The van der Waals surface area contributed by atoms with E-state index in [9.17, 15) is 8.78 Å². The number of nitrogens with zero attached hydrogens (tertiary/aromatic N) is 1. The van der Waals surface area contributed by atoms with Gasteiger partial charge < -0.3 is 9.84 Å². The van der Waals surface area contributed by atoms with Crippen LogP contribution in [0.3, 0.4) is 0 Å². The summed E-state index contributed by atoms with van der Waals surface area (Å²) in [4.78, 5) is 0.574. The number of aryl methyl sites for hydroxylation is 2. The van der Waals surface area contributed by atoms with Gasteiger partial charge in [0.05, 0.1) is 5.69 Å². The first kappa shape index (κ1) is 17.0. The summed E-state index contributed by atoms with van der Waals surface area (Å²) in [5.74, 6) is -1.57. The van der Waals surface area contributed by atoms with Crippen molar-refractivity contribution in [3.05, 3.63) is 46.8 Å². The molecule has 0 spiro atoms. The van der Waals surface area contributed by atoms with Crippen molar-refractivity contribution in [2.45, 2.75) is 50.4 Å². The molecular weight excluding hydrogens is 306 g/mol. The van der Waals surface area contributed by atoms with Crippen molar-refractivity contribution in [2.24, 2.45) is 0 Å². The minimum Gasteiger partial charge on any atom is -0.361 e. The molecule has 120 valence electrons. The third-order valence-electron chi connectivity index (χ3n) is 3.63. The van der Waals surface area contributed by atoms with E-state index in [4.69, 9.17) is 4.52 Å². The topological polar surface area (TPSA) is 38.1 Å². The van der Waals surface area contributed by atoms with Crippen LogP contribution in [0.15, 0.2) is 33.7 Å². The minimum absolute atomic E-state index is 0.0919. The standard InChI is InChI=1S/C16H20F2N2OS/c1-9(13-5-7-14(8-6-13)22-16(17)18)19-10(2)15-11(3)20-21-12(15)4/h5-10,16,19H,1-4H3/t9-,10+/m1/s1. The number of hydrogen-bond donors (Lipinski definition) is 1. The smallest absolute Gasteiger partial charge is 0.288 e. The van der Waals surface area contributed by atoms with Crippen molar-refractivity contribution in [1.82, 2.24) is 10.5 Å². The lowest BCUT2D eigenvalue weighted by molar-refractivity contribution is 0.252. The third kappa shape index (κ3) is 4.08. The Hall–Kier alpha value is -1.40. The Morgan fingerprint density at radius 1 is 1.09 bits per heavy atom. The zero-order chi connectivity index (χ0) is 16.3. The first-order chi connectivity index (χ1) is 10.4. The van der Waals surface area contributed by atoms with Crippen LogP contribution >= 0.6 is 11.8 Å². The Labute approximate surface area is 133 Å². The van der Waals surface area contributed by atoms with E-state index in [1.54, 1.807) is 12.1 Å². The molecule has 0 bridgehead atoms. The fraction of sp³-hybridized carbons (Fsp3) is 0.438. The van der Waals surface area contributed by atoms with E-state index in [0.29, 0.717) is 16.7 Å². The van der Waals surface area contributed by atoms with E-state index in [0.717, 1.165) is 22.6 Å². The number of halogens is 2. The summed E-state index contributed by atoms with van der Waals surface area (Å²) in [6.07, 6.45) is 0. The highest BCUT2D eigenvalue weighted by Gasteiger charge is 2.18. The molecule has 0 aliphatic carbocycles. The fourth-order valence-corrected chi connectivity index (χ4v) is 3.10. The molecule has 3 nitrogen and oxygen atoms in total. The van der Waals surface area contributed by atoms with Gasteiger partial charge in [0.2, 0.25) is 0 Å². The number of thioether (sulfide) groups is 1. The van der Waals surface area contributed by atoms with Crippen molar-refractivity contribution < 1.29 is 13.3 Å². The molecule has 0 aliphatic rings. The number of aromatic nitrogens is 1. The lowest BCUT2D eigenvalue weighted by Crippen LogP contribution is -2.23. The first-order valence-corrected chi connectivity index (χ1v) is 8.00. The van der Waals surface area contributed by atoms with Gasteiger partial charge in [-0.1, -0.05) is 29.1 Å². The molecule has 1 aromatic carbocycles. The zero-order valence-electron chi connectivity index (χ0n) is 13.1. The van der Waals surface area contributed by atoms with Gasteiger partial charge in [-0.05, 0) is 45.4 Å². The SMILES string of the molecule is Cc1noc(C)c1[C@H](C)N[C@H](C)c1ccc(SC(F)F)cc1. The predicted molar refractivity (Wildman–Crippen MR) is 84.2 cm³/mol. The molecule has 2 atom stereocenters. The average Bonchev–Trinajstić information content (AvgIpc) is 2.78. The number of benzene rings is 1. The molecular formula is C16H20F2N2OS. The summed E-state index contributed by atoms with van der Waals surface area (Å²) in [5, 5.41) is 7.45. The van der Waals surface area contributed by atoms with Gasteiger partial charge >= 0.3 is 0 Å². The summed E-state index contributed by atoms with van der Waals surface area (Å²) >= 11 is 0.560. The van der Waals surface area contributed by atoms with Gasteiger partial charge in [0.25, 0.3) is 5.76 Å². The van der Waals surface area contributed by atoms with E-state index < -0.39 is 5.76 Å². The zero-order valence-corrected chi connectivity index (χ0v) is 13.9. The Kier molecular flexibility index (Phi) is 5.58. The highest BCUT2D eigenvalue weighted by molar-refractivity contribution is 7.99. The fourth-order valence-electron chi connectivity index (χ4n) is 2.60. The highest BCUT2D eigenvalue weighted by atomic mass is 32.2. The summed E-state index contributed by atoms with van der Waals surface area (Å²) in [5.41, 5.74) is 3.00. The number of hydrogen-bond acceptors (Lipinski definition) is 4. The van der Waals surface area contributed by atoms with E-state index in [1.807, 2.05) is 32.9 Å². The second-order valence-corrected chi connectivity index (χ2v) is 6.36. The largest absolute Gasteiger partial charge is 0.361 e. The van der Waals surface area contributed by atoms with Gasteiger partial charge in [-0.3, -0.25) is 0 Å². The second kappa shape index (κ2) is 7.24. The van der Waals surface area contributed by atoms with Gasteiger partial charge in [-0.25, -0.2) is 0 Å². The van der Waals surface area contributed by atoms with Crippen LogP contribution in [0.25, 0.3) is 0 Å². The van der Waals surface area contributed by atoms with Crippen molar-refractivity contribution in [3.8, 4) is 0 Å². The molecule has 0 radical (unpaired) electrons. The molecule has 2 aromatic rings. The van der Waals surface area contributed by atoms with Crippen LogP contribution in [0.5, 0.6) is 0 Å². The molecule has 1 aromatic heterocycles. The quantitative estimate of drug-likeness (QED) is 0.757. The molecule has 0 saturated carbocycles. The maximum Gasteiger partial charge on any atom is 0.288 e. The predicted octanol–water partition coefficient (Wildman–Crippen LogP) is 5.02. The highest BCUT2D eigenvalue weighted by Crippen LogP contribution is 2.28. The van der Waals surface area contributed by atoms with Gasteiger partial charge in [0.15, 0.2) is 0 Å². The van der Waals surface area contributed by atoms with Crippen LogP contribution in [0.1, 0.15) is 48.5 Å². The molecule has 0 fully saturated rings. The molecule has 2 rings (SSSR count). The lowest BCUT2D eigenvalue weighted by Gasteiger charge is -2.20. The van der Waals surface area contributed by atoms with E-state index >= 15 is 0 Å². The van der Waals surface area contributed by atoms with Gasteiger partial charge in [-0.2, -0.15) is 8.78 Å².